The molecule has 76 valence electrons. The normalized spacial score (nSPS) is 20.3. The van der Waals surface area contributed by atoms with Crippen LogP contribution in [0.15, 0.2) is 48.6 Å². The zero-order valence-corrected chi connectivity index (χ0v) is 9.81. The topological polar surface area (TPSA) is 34.1 Å². The minimum absolute atomic E-state index is 0.0670. The standard InChI is InChI=1S/2C5H5.2CHO.Ti/c2*1-2-4-5-3-1;2*1-2;/h2*1-5H;2*1H;. The fourth-order valence-electron chi connectivity index (χ4n) is 2.09. The Bertz CT molecular complexity index is 328. The van der Waals surface area contributed by atoms with Gasteiger partial charge in [-0.1, -0.05) is 0 Å². The van der Waals surface area contributed by atoms with Crippen molar-refractivity contribution in [2.45, 2.75) is 8.45 Å². The molecule has 0 N–H and O–H groups in total. The van der Waals surface area contributed by atoms with Gasteiger partial charge in [-0.05, 0) is 0 Å². The molecule has 2 aliphatic rings. The van der Waals surface area contributed by atoms with E-state index in [9.17, 15) is 9.59 Å². The molecule has 0 unspecified atom stereocenters. The van der Waals surface area contributed by atoms with Crippen LogP contribution in [0.4, 0.5) is 0 Å². The van der Waals surface area contributed by atoms with Gasteiger partial charge >= 0.3 is 92.4 Å². The Labute approximate surface area is 92.4 Å². The number of carbonyl (C=O) groups excluding carboxylic acids is 2. The molecule has 0 radical (unpaired) electrons. The third kappa shape index (κ3) is 1.64. The van der Waals surface area contributed by atoms with E-state index in [1.807, 2.05) is 48.6 Å². The summed E-state index contributed by atoms with van der Waals surface area (Å²) in [6.45, 7) is 0. The first-order valence-electron chi connectivity index (χ1n) is 4.96. The Hall–Kier alpha value is -0.986. The third-order valence-electron chi connectivity index (χ3n) is 3.06. The molecule has 0 aliphatic heterocycles. The van der Waals surface area contributed by atoms with Gasteiger partial charge in [-0.15, -0.1) is 0 Å². The van der Waals surface area contributed by atoms with Crippen LogP contribution < -0.4 is 0 Å². The van der Waals surface area contributed by atoms with Crippen molar-refractivity contribution in [1.29, 1.82) is 0 Å². The Kier molecular flexibility index (Phi) is 2.99. The van der Waals surface area contributed by atoms with E-state index in [-0.39, 0.29) is 8.45 Å². The Morgan fingerprint density at radius 2 is 1.07 bits per heavy atom. The summed E-state index contributed by atoms with van der Waals surface area (Å²) in [6, 6.07) is 0. The molecule has 0 amide bonds. The average molecular weight is 236 g/mol. The van der Waals surface area contributed by atoms with Crippen LogP contribution in [0.25, 0.3) is 0 Å². The van der Waals surface area contributed by atoms with Gasteiger partial charge in [0.15, 0.2) is 0 Å². The SMILES string of the molecule is O=[CH][Ti]([CH]=O)([CH]1C=CC=C1)[CH]1C=CC=C1. The van der Waals surface area contributed by atoms with Gasteiger partial charge in [0.05, 0.1) is 0 Å². The number of allylic oxidation sites excluding steroid dienone is 8. The van der Waals surface area contributed by atoms with Crippen LogP contribution in [0.5, 0.6) is 0 Å². The monoisotopic (exact) mass is 236 g/mol. The maximum absolute atomic E-state index is 11.3. The second-order valence-electron chi connectivity index (χ2n) is 3.83. The van der Waals surface area contributed by atoms with Crippen molar-refractivity contribution in [3.63, 3.8) is 0 Å². The zero-order valence-electron chi connectivity index (χ0n) is 8.24. The Morgan fingerprint density at radius 3 is 1.33 bits per heavy atom. The second-order valence-corrected chi connectivity index (χ2v) is 9.77. The fourth-order valence-corrected chi connectivity index (χ4v) is 6.63. The molecule has 0 bridgehead atoms. The molecule has 0 heterocycles. The van der Waals surface area contributed by atoms with Gasteiger partial charge < -0.3 is 0 Å². The van der Waals surface area contributed by atoms with Gasteiger partial charge in [-0.3, -0.25) is 0 Å². The molecule has 0 spiro atoms. The molecule has 0 aromatic heterocycles. The van der Waals surface area contributed by atoms with Crippen molar-refractivity contribution in [2.75, 3.05) is 0 Å². The fraction of sp³-hybridized carbons (Fsp3) is 0.167. The molecule has 0 fully saturated rings. The van der Waals surface area contributed by atoms with Crippen LogP contribution in [0.2, 0.25) is 8.45 Å². The molecule has 0 atom stereocenters. The van der Waals surface area contributed by atoms with Crippen molar-refractivity contribution in [3.05, 3.63) is 48.6 Å². The van der Waals surface area contributed by atoms with Crippen LogP contribution in [0.1, 0.15) is 0 Å². The molecular formula is C12H12O2Ti. The molecule has 0 saturated heterocycles. The molecule has 0 saturated carbocycles. The van der Waals surface area contributed by atoms with Crippen molar-refractivity contribution in [1.82, 2.24) is 0 Å². The first-order valence-corrected chi connectivity index (χ1v) is 8.57. The van der Waals surface area contributed by atoms with Gasteiger partial charge in [0.1, 0.15) is 0 Å². The Balaban J connectivity index is 2.38. The second kappa shape index (κ2) is 4.25. The minimum atomic E-state index is -3.15. The molecule has 3 heteroatoms. The Morgan fingerprint density at radius 1 is 0.733 bits per heavy atom. The van der Waals surface area contributed by atoms with Gasteiger partial charge in [-0.2, -0.15) is 0 Å². The molecule has 2 nitrogen and oxygen atoms in total. The van der Waals surface area contributed by atoms with Crippen LogP contribution in [0.3, 0.4) is 0 Å². The first-order chi connectivity index (χ1) is 7.33. The summed E-state index contributed by atoms with van der Waals surface area (Å²) in [5.41, 5.74) is 0. The van der Waals surface area contributed by atoms with Crippen LogP contribution in [-0.2, 0) is 26.2 Å². The third-order valence-corrected chi connectivity index (χ3v) is 9.14. The van der Waals surface area contributed by atoms with E-state index in [1.165, 1.54) is 0 Å². The van der Waals surface area contributed by atoms with E-state index >= 15 is 0 Å². The number of hydrogen-bond acceptors (Lipinski definition) is 2. The van der Waals surface area contributed by atoms with E-state index in [0.29, 0.717) is 0 Å². The molecule has 0 aromatic rings. The molecule has 15 heavy (non-hydrogen) atoms. The van der Waals surface area contributed by atoms with Gasteiger partial charge in [0.2, 0.25) is 0 Å². The van der Waals surface area contributed by atoms with Gasteiger partial charge in [0, 0.05) is 0 Å². The summed E-state index contributed by atoms with van der Waals surface area (Å²) in [6.07, 6.45) is 15.6. The predicted molar refractivity (Wildman–Crippen MR) is 57.6 cm³/mol. The number of rotatable bonds is 4. The van der Waals surface area contributed by atoms with Crippen molar-refractivity contribution in [2.24, 2.45) is 0 Å². The molecular weight excluding hydrogens is 224 g/mol. The van der Waals surface area contributed by atoms with Crippen molar-refractivity contribution < 1.29 is 26.2 Å². The first kappa shape index (κ1) is 10.5. The summed E-state index contributed by atoms with van der Waals surface area (Å²) < 4.78 is 2.06. The van der Waals surface area contributed by atoms with Gasteiger partial charge in [-0.25, -0.2) is 0 Å². The maximum atomic E-state index is 11.3. The summed E-state index contributed by atoms with van der Waals surface area (Å²) in [7, 11) is 0. The molecule has 2 aliphatic carbocycles. The van der Waals surface area contributed by atoms with Crippen LogP contribution in [0, 0.1) is 0 Å². The van der Waals surface area contributed by atoms with E-state index < -0.39 is 16.6 Å². The summed E-state index contributed by atoms with van der Waals surface area (Å²) in [4.78, 5) is 22.7. The summed E-state index contributed by atoms with van der Waals surface area (Å²) >= 11 is -3.15. The van der Waals surface area contributed by atoms with Crippen molar-refractivity contribution in [3.8, 4) is 0 Å². The molecule has 0 aromatic carbocycles. The van der Waals surface area contributed by atoms with Crippen molar-refractivity contribution >= 4 is 9.18 Å². The van der Waals surface area contributed by atoms with E-state index in [0.717, 1.165) is 9.18 Å². The van der Waals surface area contributed by atoms with Crippen LogP contribution in [-0.4, -0.2) is 9.18 Å². The average Bonchev–Trinajstić information content (AvgIpc) is 2.92. The van der Waals surface area contributed by atoms with E-state index in [1.54, 1.807) is 0 Å². The quantitative estimate of drug-likeness (QED) is 0.554. The van der Waals surface area contributed by atoms with Gasteiger partial charge in [0.25, 0.3) is 0 Å². The number of hydrogen-bond donors (Lipinski definition) is 0. The predicted octanol–water partition coefficient (Wildman–Crippen LogP) is 2.35. The molecule has 2 rings (SSSR count). The zero-order chi connectivity index (χ0) is 10.7. The van der Waals surface area contributed by atoms with E-state index in [4.69, 9.17) is 0 Å². The summed E-state index contributed by atoms with van der Waals surface area (Å²) in [5, 5.41) is 0. The summed E-state index contributed by atoms with van der Waals surface area (Å²) in [5.74, 6) is 0. The van der Waals surface area contributed by atoms with Crippen LogP contribution >= 0.6 is 0 Å². The number of carbonyl (C=O) groups is 2. The van der Waals surface area contributed by atoms with E-state index in [2.05, 4.69) is 0 Å².